The smallest absolute Gasteiger partial charge is 0.226 e. The number of piperidine rings is 1. The van der Waals surface area contributed by atoms with Gasteiger partial charge in [0.05, 0.1) is 6.42 Å². The number of amides is 1. The summed E-state index contributed by atoms with van der Waals surface area (Å²) in [6.45, 7) is 2.06. The molecule has 1 aliphatic heterocycles. The van der Waals surface area contributed by atoms with Crippen molar-refractivity contribution in [2.45, 2.75) is 31.8 Å². The maximum Gasteiger partial charge on any atom is 0.226 e. The minimum atomic E-state index is -0.948. The van der Waals surface area contributed by atoms with Gasteiger partial charge in [0.2, 0.25) is 5.91 Å². The number of nitrogens with zero attached hydrogens (tertiary/aromatic N) is 2. The molecule has 37 heavy (non-hydrogen) atoms. The quantitative estimate of drug-likeness (QED) is 0.234. The van der Waals surface area contributed by atoms with Crippen LogP contribution in [-0.4, -0.2) is 48.7 Å². The monoisotopic (exact) mass is 533 g/mol. The zero-order valence-corrected chi connectivity index (χ0v) is 22.4. The van der Waals surface area contributed by atoms with Gasteiger partial charge in [-0.25, -0.2) is 0 Å². The fraction of sp³-hybridized carbons (Fsp3) is 0.286. The zero-order valence-electron chi connectivity index (χ0n) is 20.8. The molecule has 0 bridgehead atoms. The van der Waals surface area contributed by atoms with E-state index >= 15 is 0 Å². The minimum Gasteiger partial charge on any atom is -0.598 e. The fourth-order valence-electron chi connectivity index (χ4n) is 5.07. The Labute approximate surface area is 225 Å². The average molecular weight is 534 g/mol. The Morgan fingerprint density at radius 2 is 2.00 bits per heavy atom. The van der Waals surface area contributed by atoms with Crippen LogP contribution in [0.2, 0.25) is 0 Å². The van der Waals surface area contributed by atoms with Crippen LogP contribution in [0.5, 0.6) is 0 Å². The van der Waals surface area contributed by atoms with Gasteiger partial charge in [-0.2, -0.15) is 0 Å². The van der Waals surface area contributed by atoms with E-state index in [2.05, 4.69) is 45.3 Å². The van der Waals surface area contributed by atoms with Crippen molar-refractivity contribution in [1.29, 1.82) is 0 Å². The lowest BCUT2D eigenvalue weighted by molar-refractivity contribution is -0.120. The molecule has 4 N–H and O–H groups in total. The summed E-state index contributed by atoms with van der Waals surface area (Å²) in [5, 5.41) is 4.18. The summed E-state index contributed by atoms with van der Waals surface area (Å²) in [4.78, 5) is 15.9. The first-order chi connectivity index (χ1) is 17.9. The topological polar surface area (TPSA) is 102 Å². The van der Waals surface area contributed by atoms with Gasteiger partial charge in [0.1, 0.15) is 11.2 Å². The molecule has 2 aromatic heterocycles. The van der Waals surface area contributed by atoms with Crippen LogP contribution in [0.1, 0.15) is 35.7 Å². The summed E-state index contributed by atoms with van der Waals surface area (Å²) in [6.07, 6.45) is 7.96. The lowest BCUT2D eigenvalue weighted by Crippen LogP contribution is -2.38. The molecule has 7 nitrogen and oxygen atoms in total. The number of thiocarbonyl (C=S) groups is 1. The van der Waals surface area contributed by atoms with E-state index in [1.165, 1.54) is 0 Å². The first-order valence-corrected chi connectivity index (χ1v) is 14.3. The van der Waals surface area contributed by atoms with E-state index in [4.69, 9.17) is 18.0 Å². The highest BCUT2D eigenvalue weighted by Gasteiger charge is 2.27. The second-order valence-electron chi connectivity index (χ2n) is 9.48. The number of rotatable bonds is 8. The molecule has 1 atom stereocenters. The van der Waals surface area contributed by atoms with Crippen LogP contribution in [0.3, 0.4) is 0 Å². The van der Waals surface area contributed by atoms with E-state index in [-0.39, 0.29) is 5.91 Å². The van der Waals surface area contributed by atoms with Gasteiger partial charge in [-0.1, -0.05) is 42.5 Å². The highest BCUT2D eigenvalue weighted by Crippen LogP contribution is 2.36. The molecule has 0 spiro atoms. The molecule has 4 aromatic rings. The summed E-state index contributed by atoms with van der Waals surface area (Å²) >= 11 is 4.27. The van der Waals surface area contributed by atoms with Crippen LogP contribution in [0.15, 0.2) is 67.0 Å². The van der Waals surface area contributed by atoms with E-state index in [0.717, 1.165) is 64.8 Å². The van der Waals surface area contributed by atoms with Gasteiger partial charge in [-0.15, -0.1) is 4.31 Å². The van der Waals surface area contributed by atoms with Crippen molar-refractivity contribution < 1.29 is 9.35 Å². The molecule has 1 aliphatic rings. The summed E-state index contributed by atoms with van der Waals surface area (Å²) in [6, 6.07) is 18.5. The maximum absolute atomic E-state index is 12.4. The third-order valence-electron chi connectivity index (χ3n) is 7.04. The molecular formula is C28H31N5O2S2. The number of carbonyl (C=O) groups excluding carboxylic acids is 1. The van der Waals surface area contributed by atoms with Crippen molar-refractivity contribution in [3.8, 4) is 11.1 Å². The van der Waals surface area contributed by atoms with Gasteiger partial charge < -0.3 is 25.2 Å². The van der Waals surface area contributed by atoms with Gasteiger partial charge in [0.25, 0.3) is 0 Å². The second kappa shape index (κ2) is 11.1. The van der Waals surface area contributed by atoms with Crippen molar-refractivity contribution in [1.82, 2.24) is 19.2 Å². The van der Waals surface area contributed by atoms with Gasteiger partial charge in [-0.05, 0) is 48.2 Å². The molecule has 0 saturated carbocycles. The van der Waals surface area contributed by atoms with Crippen molar-refractivity contribution in [3.05, 3.63) is 83.8 Å². The van der Waals surface area contributed by atoms with Crippen molar-refractivity contribution in [2.24, 2.45) is 5.73 Å². The Kier molecular flexibility index (Phi) is 7.66. The van der Waals surface area contributed by atoms with Gasteiger partial charge in [0, 0.05) is 77.2 Å². The molecule has 5 rings (SSSR count). The lowest BCUT2D eigenvalue weighted by Gasteiger charge is -2.31. The Hall–Kier alpha value is -3.11. The number of hydrogen-bond acceptors (Lipinski definition) is 4. The van der Waals surface area contributed by atoms with E-state index < -0.39 is 11.4 Å². The summed E-state index contributed by atoms with van der Waals surface area (Å²) in [5.74, 6) is -0.0203. The number of aromatic nitrogens is 2. The molecule has 2 aromatic carbocycles. The van der Waals surface area contributed by atoms with E-state index in [9.17, 15) is 9.35 Å². The molecule has 3 heterocycles. The van der Waals surface area contributed by atoms with Crippen molar-refractivity contribution in [2.75, 3.05) is 19.3 Å². The Balaban J connectivity index is 1.46. The van der Waals surface area contributed by atoms with E-state index in [1.54, 1.807) is 6.26 Å². The number of nitrogens with two attached hydrogens (primary N) is 1. The number of nitrogens with one attached hydrogen (secondary N) is 2. The number of hydrogen-bond donors (Lipinski definition) is 3. The molecule has 192 valence electrons. The highest BCUT2D eigenvalue weighted by molar-refractivity contribution is 7.88. The zero-order chi connectivity index (χ0) is 25.9. The van der Waals surface area contributed by atoms with Crippen LogP contribution in [0, 0.1) is 0 Å². The lowest BCUT2D eigenvalue weighted by atomic mass is 10.0. The van der Waals surface area contributed by atoms with Gasteiger partial charge in [0.15, 0.2) is 0 Å². The fourth-order valence-corrected chi connectivity index (χ4v) is 5.92. The molecule has 1 unspecified atom stereocenters. The first-order valence-electron chi connectivity index (χ1n) is 12.4. The molecule has 1 amide bonds. The first kappa shape index (κ1) is 25.5. The van der Waals surface area contributed by atoms with Crippen LogP contribution >= 0.6 is 12.2 Å². The highest BCUT2D eigenvalue weighted by atomic mass is 32.2. The Bertz CT molecular complexity index is 1410. The SMILES string of the molecule is C[S+]([O-])N1CCC(n2cc(-c3cccc(C(N)=S)c3)c3ccc(CNC(=O)Cc4ccc[nH]4)cc32)CC1. The Morgan fingerprint density at radius 3 is 2.70 bits per heavy atom. The second-order valence-corrected chi connectivity index (χ2v) is 11.3. The van der Waals surface area contributed by atoms with Crippen LogP contribution in [0.25, 0.3) is 22.0 Å². The standard InChI is InChI=1S/C28H31N5O2S2/c1-37(35)32-12-9-23(10-13-32)33-18-25(20-4-2-5-21(15-20)28(29)36)24-8-7-19(14-26(24)33)17-31-27(34)16-22-6-3-11-30-22/h2-8,11,14-15,18,23,30H,9-10,12-13,16-17H2,1H3,(H2,29,36)(H,31,34). The molecule has 1 fully saturated rings. The van der Waals surface area contributed by atoms with Gasteiger partial charge >= 0.3 is 0 Å². The van der Waals surface area contributed by atoms with Crippen LogP contribution in [0.4, 0.5) is 0 Å². The third-order valence-corrected chi connectivity index (χ3v) is 8.37. The van der Waals surface area contributed by atoms with Crippen LogP contribution < -0.4 is 11.1 Å². The minimum absolute atomic E-state index is 0.0203. The maximum atomic E-state index is 12.4. The van der Waals surface area contributed by atoms with Crippen molar-refractivity contribution in [3.63, 3.8) is 0 Å². The number of fused-ring (bicyclic) bond motifs is 1. The number of carbonyl (C=O) groups is 1. The Morgan fingerprint density at radius 1 is 1.19 bits per heavy atom. The number of H-pyrrole nitrogens is 1. The average Bonchev–Trinajstić information content (AvgIpc) is 3.55. The summed E-state index contributed by atoms with van der Waals surface area (Å²) in [7, 11) is 0. The van der Waals surface area contributed by atoms with E-state index in [1.807, 2.05) is 40.8 Å². The van der Waals surface area contributed by atoms with Crippen LogP contribution in [-0.2, 0) is 29.1 Å². The van der Waals surface area contributed by atoms with Crippen molar-refractivity contribution >= 4 is 45.4 Å². The molecular weight excluding hydrogens is 502 g/mol. The predicted molar refractivity (Wildman–Crippen MR) is 154 cm³/mol. The molecule has 0 aliphatic carbocycles. The largest absolute Gasteiger partial charge is 0.598 e. The summed E-state index contributed by atoms with van der Waals surface area (Å²) in [5.41, 5.74) is 12.0. The molecule has 1 saturated heterocycles. The summed E-state index contributed by atoms with van der Waals surface area (Å²) < 4.78 is 16.4. The third kappa shape index (κ3) is 5.75. The predicted octanol–water partition coefficient (Wildman–Crippen LogP) is 4.06. The molecule has 0 radical (unpaired) electrons. The number of benzene rings is 2. The molecule has 9 heteroatoms. The number of aromatic amines is 1. The van der Waals surface area contributed by atoms with Gasteiger partial charge in [-0.3, -0.25) is 4.79 Å². The normalized spacial score (nSPS) is 15.6. The van der Waals surface area contributed by atoms with E-state index in [0.29, 0.717) is 24.0 Å².